The zero-order valence-corrected chi connectivity index (χ0v) is 13.6. The van der Waals surface area contributed by atoms with Gasteiger partial charge < -0.3 is 15.4 Å². The maximum absolute atomic E-state index is 5.17. The number of ether oxygens (including phenoxy) is 1. The molecule has 3 heterocycles. The monoisotopic (exact) mass is 322 g/mol. The Hall–Kier alpha value is -3.09. The number of hydrogen-bond acceptors (Lipinski definition) is 6. The lowest BCUT2D eigenvalue weighted by Crippen LogP contribution is -2.05. The van der Waals surface area contributed by atoms with E-state index in [4.69, 9.17) is 9.72 Å². The standard InChI is InChI=1S/C17H18N6O/c1-23-10-14-15-11(7-8-18-16(14)22-23)9-19-17(21-15)20-12-3-5-13(24-2)6-4-12/h3-6,9-10H,7-8H2,1-2H3,(H,18,22)(H,19,20,21). The fourth-order valence-corrected chi connectivity index (χ4v) is 2.79. The number of anilines is 3. The fraction of sp³-hybridized carbons (Fsp3) is 0.235. The molecule has 7 nitrogen and oxygen atoms in total. The predicted molar refractivity (Wildman–Crippen MR) is 92.7 cm³/mol. The van der Waals surface area contributed by atoms with Crippen LogP contribution in [-0.4, -0.2) is 33.4 Å². The summed E-state index contributed by atoms with van der Waals surface area (Å²) < 4.78 is 6.97. The second-order valence-corrected chi connectivity index (χ2v) is 5.66. The van der Waals surface area contributed by atoms with Crippen molar-refractivity contribution >= 4 is 17.5 Å². The molecule has 2 N–H and O–H groups in total. The lowest BCUT2D eigenvalue weighted by atomic mass is 10.1. The first-order valence-electron chi connectivity index (χ1n) is 7.78. The highest BCUT2D eigenvalue weighted by atomic mass is 16.5. The average molecular weight is 322 g/mol. The summed E-state index contributed by atoms with van der Waals surface area (Å²) in [6.45, 7) is 0.825. The van der Waals surface area contributed by atoms with Gasteiger partial charge in [0.2, 0.25) is 5.95 Å². The Morgan fingerprint density at radius 3 is 2.88 bits per heavy atom. The number of hydrogen-bond donors (Lipinski definition) is 2. The van der Waals surface area contributed by atoms with Gasteiger partial charge >= 0.3 is 0 Å². The molecule has 1 aliphatic heterocycles. The molecule has 1 aliphatic rings. The molecule has 24 heavy (non-hydrogen) atoms. The van der Waals surface area contributed by atoms with Crippen LogP contribution in [0.5, 0.6) is 5.75 Å². The van der Waals surface area contributed by atoms with Gasteiger partial charge in [0.05, 0.1) is 18.4 Å². The number of aryl methyl sites for hydroxylation is 1. The predicted octanol–water partition coefficient (Wildman–Crippen LogP) is 2.60. The minimum absolute atomic E-state index is 0.565. The zero-order valence-electron chi connectivity index (χ0n) is 13.6. The largest absolute Gasteiger partial charge is 0.497 e. The Labute approximate surface area is 139 Å². The van der Waals surface area contributed by atoms with Crippen LogP contribution < -0.4 is 15.4 Å². The summed E-state index contributed by atoms with van der Waals surface area (Å²) in [6, 6.07) is 7.67. The molecule has 2 aromatic heterocycles. The number of aromatic nitrogens is 4. The van der Waals surface area contributed by atoms with Gasteiger partial charge in [0.15, 0.2) is 5.82 Å². The van der Waals surface area contributed by atoms with E-state index in [0.717, 1.165) is 47.0 Å². The summed E-state index contributed by atoms with van der Waals surface area (Å²) in [7, 11) is 3.56. The van der Waals surface area contributed by atoms with Crippen molar-refractivity contribution in [2.24, 2.45) is 7.05 Å². The minimum Gasteiger partial charge on any atom is -0.497 e. The van der Waals surface area contributed by atoms with Crippen LogP contribution in [0.3, 0.4) is 0 Å². The average Bonchev–Trinajstić information content (AvgIpc) is 2.89. The molecule has 0 bridgehead atoms. The van der Waals surface area contributed by atoms with Crippen molar-refractivity contribution in [1.29, 1.82) is 0 Å². The number of nitrogens with zero attached hydrogens (tertiary/aromatic N) is 4. The van der Waals surface area contributed by atoms with Crippen molar-refractivity contribution in [1.82, 2.24) is 19.7 Å². The van der Waals surface area contributed by atoms with Crippen LogP contribution in [0.2, 0.25) is 0 Å². The van der Waals surface area contributed by atoms with Crippen LogP contribution in [0.15, 0.2) is 36.7 Å². The lowest BCUT2D eigenvalue weighted by Gasteiger charge is -2.09. The van der Waals surface area contributed by atoms with Crippen molar-refractivity contribution in [3.63, 3.8) is 0 Å². The molecule has 122 valence electrons. The Morgan fingerprint density at radius 2 is 2.08 bits per heavy atom. The van der Waals surface area contributed by atoms with Gasteiger partial charge in [-0.15, -0.1) is 0 Å². The van der Waals surface area contributed by atoms with Crippen LogP contribution in [0, 0.1) is 0 Å². The van der Waals surface area contributed by atoms with Crippen molar-refractivity contribution in [2.45, 2.75) is 6.42 Å². The maximum Gasteiger partial charge on any atom is 0.227 e. The van der Waals surface area contributed by atoms with Gasteiger partial charge in [0, 0.05) is 31.7 Å². The molecular formula is C17H18N6O. The van der Waals surface area contributed by atoms with Gasteiger partial charge in [-0.25, -0.2) is 9.97 Å². The molecule has 0 aliphatic carbocycles. The van der Waals surface area contributed by atoms with E-state index >= 15 is 0 Å². The first kappa shape index (κ1) is 14.5. The van der Waals surface area contributed by atoms with Crippen molar-refractivity contribution in [3.05, 3.63) is 42.2 Å². The van der Waals surface area contributed by atoms with Crippen molar-refractivity contribution in [2.75, 3.05) is 24.3 Å². The van der Waals surface area contributed by atoms with E-state index < -0.39 is 0 Å². The molecule has 0 saturated heterocycles. The van der Waals surface area contributed by atoms with E-state index in [-0.39, 0.29) is 0 Å². The summed E-state index contributed by atoms with van der Waals surface area (Å²) in [5.74, 6) is 2.25. The Bertz CT molecular complexity index is 871. The molecule has 0 saturated carbocycles. The third-order valence-corrected chi connectivity index (χ3v) is 3.98. The summed E-state index contributed by atoms with van der Waals surface area (Å²) in [6.07, 6.45) is 4.74. The molecule has 3 aromatic rings. The van der Waals surface area contributed by atoms with Gasteiger partial charge in [-0.05, 0) is 36.2 Å². The molecule has 0 atom stereocenters. The highest BCUT2D eigenvalue weighted by Gasteiger charge is 2.19. The lowest BCUT2D eigenvalue weighted by molar-refractivity contribution is 0.415. The topological polar surface area (TPSA) is 76.9 Å². The molecule has 0 fully saturated rings. The number of methoxy groups -OCH3 is 1. The van der Waals surface area contributed by atoms with E-state index in [0.29, 0.717) is 5.95 Å². The number of rotatable bonds is 3. The number of nitrogens with one attached hydrogen (secondary N) is 2. The summed E-state index contributed by atoms with van der Waals surface area (Å²) in [4.78, 5) is 9.16. The number of fused-ring (bicyclic) bond motifs is 3. The molecular weight excluding hydrogens is 304 g/mol. The summed E-state index contributed by atoms with van der Waals surface area (Å²) in [5, 5.41) is 11.0. The SMILES string of the molecule is COc1ccc(Nc2ncc3c(n2)-c2cn(C)nc2NCC3)cc1. The highest BCUT2D eigenvalue weighted by molar-refractivity contribution is 5.76. The third kappa shape index (κ3) is 2.64. The quantitative estimate of drug-likeness (QED) is 0.772. The van der Waals surface area contributed by atoms with Crippen molar-refractivity contribution in [3.8, 4) is 17.0 Å². The van der Waals surface area contributed by atoms with Gasteiger partial charge in [-0.2, -0.15) is 5.10 Å². The zero-order chi connectivity index (χ0) is 16.5. The summed E-state index contributed by atoms with van der Waals surface area (Å²) in [5.41, 5.74) is 3.96. The minimum atomic E-state index is 0.565. The van der Waals surface area contributed by atoms with E-state index in [2.05, 4.69) is 20.7 Å². The molecule has 4 rings (SSSR count). The van der Waals surface area contributed by atoms with Gasteiger partial charge in [-0.1, -0.05) is 0 Å². The molecule has 0 amide bonds. The smallest absolute Gasteiger partial charge is 0.227 e. The van der Waals surface area contributed by atoms with Crippen LogP contribution in [0.1, 0.15) is 5.56 Å². The fourth-order valence-electron chi connectivity index (χ4n) is 2.79. The Kier molecular flexibility index (Phi) is 3.53. The molecule has 1 aromatic carbocycles. The first-order chi connectivity index (χ1) is 11.7. The van der Waals surface area contributed by atoms with Gasteiger partial charge in [-0.3, -0.25) is 4.68 Å². The highest BCUT2D eigenvalue weighted by Crippen LogP contribution is 2.31. The molecule has 7 heteroatoms. The van der Waals surface area contributed by atoms with Crippen molar-refractivity contribution < 1.29 is 4.74 Å². The second-order valence-electron chi connectivity index (χ2n) is 5.66. The van der Waals surface area contributed by atoms with E-state index in [1.165, 1.54) is 0 Å². The van der Waals surface area contributed by atoms with Crippen LogP contribution in [-0.2, 0) is 13.5 Å². The Morgan fingerprint density at radius 1 is 1.25 bits per heavy atom. The van der Waals surface area contributed by atoms with E-state index in [1.54, 1.807) is 11.8 Å². The van der Waals surface area contributed by atoms with E-state index in [9.17, 15) is 0 Å². The Balaban J connectivity index is 1.69. The van der Waals surface area contributed by atoms with Crippen LogP contribution in [0.4, 0.5) is 17.5 Å². The second kappa shape index (κ2) is 5.84. The molecule has 0 unspecified atom stereocenters. The van der Waals surface area contributed by atoms with Crippen LogP contribution >= 0.6 is 0 Å². The summed E-state index contributed by atoms with van der Waals surface area (Å²) >= 11 is 0. The first-order valence-corrected chi connectivity index (χ1v) is 7.78. The third-order valence-electron chi connectivity index (χ3n) is 3.98. The van der Waals surface area contributed by atoms with Gasteiger partial charge in [0.25, 0.3) is 0 Å². The van der Waals surface area contributed by atoms with Gasteiger partial charge in [0.1, 0.15) is 5.75 Å². The molecule has 0 spiro atoms. The normalized spacial score (nSPS) is 12.6. The maximum atomic E-state index is 5.17. The van der Waals surface area contributed by atoms with Crippen LogP contribution in [0.25, 0.3) is 11.3 Å². The molecule has 0 radical (unpaired) electrons. The number of benzene rings is 1. The van der Waals surface area contributed by atoms with E-state index in [1.807, 2.05) is 43.7 Å².